The fourth-order valence-corrected chi connectivity index (χ4v) is 2.24. The highest BCUT2D eigenvalue weighted by molar-refractivity contribution is 5.03. The Hall–Kier alpha value is -0.120. The summed E-state index contributed by atoms with van der Waals surface area (Å²) >= 11 is 0. The van der Waals surface area contributed by atoms with Crippen LogP contribution in [0.2, 0.25) is 0 Å². The van der Waals surface area contributed by atoms with Crippen LogP contribution in [0, 0.1) is 5.92 Å². The zero-order chi connectivity index (χ0) is 10.2. The molecule has 0 aromatic heterocycles. The van der Waals surface area contributed by atoms with Crippen LogP contribution in [0.4, 0.5) is 0 Å². The Labute approximate surface area is 87.2 Å². The van der Waals surface area contributed by atoms with Gasteiger partial charge >= 0.3 is 0 Å². The van der Waals surface area contributed by atoms with Gasteiger partial charge in [0.15, 0.2) is 0 Å². The quantitative estimate of drug-likeness (QED) is 0.709. The van der Waals surface area contributed by atoms with E-state index in [9.17, 15) is 0 Å². The molecule has 1 unspecified atom stereocenters. The van der Waals surface area contributed by atoms with Crippen LogP contribution in [-0.4, -0.2) is 55.1 Å². The summed E-state index contributed by atoms with van der Waals surface area (Å²) in [6.45, 7) is 8.37. The number of hydrogen-bond acceptors (Lipinski definition) is 3. The average molecular weight is 197 g/mol. The maximum Gasteiger partial charge on any atom is 0.0193 e. The first-order valence-corrected chi connectivity index (χ1v) is 5.80. The molecule has 3 nitrogen and oxygen atoms in total. The monoisotopic (exact) mass is 197 g/mol. The van der Waals surface area contributed by atoms with Gasteiger partial charge in [0.05, 0.1) is 0 Å². The molecule has 1 aliphatic heterocycles. The van der Waals surface area contributed by atoms with Gasteiger partial charge in [-0.1, -0.05) is 6.92 Å². The van der Waals surface area contributed by atoms with Crippen molar-refractivity contribution in [2.24, 2.45) is 11.7 Å². The van der Waals surface area contributed by atoms with E-state index < -0.39 is 0 Å². The molecule has 0 aromatic rings. The van der Waals surface area contributed by atoms with Gasteiger partial charge in [0.25, 0.3) is 0 Å². The lowest BCUT2D eigenvalue weighted by Gasteiger charge is -2.35. The van der Waals surface area contributed by atoms with E-state index in [1.165, 1.54) is 45.6 Å². The van der Waals surface area contributed by atoms with E-state index in [1.54, 1.807) is 0 Å². The molecule has 2 N–H and O–H groups in total. The maximum absolute atomic E-state index is 6.20. The van der Waals surface area contributed by atoms with Crippen LogP contribution in [0.25, 0.3) is 0 Å². The molecule has 1 heterocycles. The summed E-state index contributed by atoms with van der Waals surface area (Å²) in [4.78, 5) is 4.97. The fourth-order valence-electron chi connectivity index (χ4n) is 2.24. The maximum atomic E-state index is 6.20. The Bertz CT molecular complexity index is 193. The summed E-state index contributed by atoms with van der Waals surface area (Å²) < 4.78 is 0. The van der Waals surface area contributed by atoms with Crippen molar-refractivity contribution in [1.29, 1.82) is 0 Å². The van der Waals surface area contributed by atoms with Crippen molar-refractivity contribution in [2.45, 2.75) is 25.3 Å². The second-order valence-corrected chi connectivity index (χ2v) is 5.24. The highest BCUT2D eigenvalue weighted by atomic mass is 15.2. The van der Waals surface area contributed by atoms with E-state index in [0.29, 0.717) is 5.92 Å². The van der Waals surface area contributed by atoms with Crippen LogP contribution < -0.4 is 5.73 Å². The predicted octanol–water partition coefficient (Wildman–Crippen LogP) is 0.361. The number of rotatable bonds is 3. The molecule has 2 aliphatic rings. The standard InChI is InChI=1S/C11H23N3/c1-10(11(12)3-4-11)9-14-7-5-13(2)6-8-14/h10H,3-9,12H2,1-2H3. The highest BCUT2D eigenvalue weighted by Gasteiger charge is 2.43. The summed E-state index contributed by atoms with van der Waals surface area (Å²) in [5, 5.41) is 0. The zero-order valence-corrected chi connectivity index (χ0v) is 9.50. The van der Waals surface area contributed by atoms with E-state index in [4.69, 9.17) is 5.73 Å². The summed E-state index contributed by atoms with van der Waals surface area (Å²) in [6.07, 6.45) is 2.48. The SMILES string of the molecule is CC(CN1CCN(C)CC1)C1(N)CC1. The minimum atomic E-state index is 0.198. The molecule has 1 atom stereocenters. The molecule has 1 aliphatic carbocycles. The number of nitrogens with two attached hydrogens (primary N) is 1. The summed E-state index contributed by atoms with van der Waals surface area (Å²) in [5.41, 5.74) is 6.40. The van der Waals surface area contributed by atoms with E-state index in [0.717, 1.165) is 0 Å². The molecule has 3 heteroatoms. The number of likely N-dealkylation sites (N-methyl/N-ethyl adjacent to an activating group) is 1. The van der Waals surface area contributed by atoms with Gasteiger partial charge in [0, 0.05) is 38.3 Å². The topological polar surface area (TPSA) is 32.5 Å². The molecular weight excluding hydrogens is 174 g/mol. The molecule has 2 fully saturated rings. The minimum Gasteiger partial charge on any atom is -0.325 e. The smallest absolute Gasteiger partial charge is 0.0193 e. The summed E-state index contributed by atoms with van der Waals surface area (Å²) in [5.74, 6) is 0.672. The molecule has 82 valence electrons. The molecule has 2 rings (SSSR count). The van der Waals surface area contributed by atoms with Crippen molar-refractivity contribution in [1.82, 2.24) is 9.80 Å². The Morgan fingerprint density at radius 3 is 2.29 bits per heavy atom. The first kappa shape index (κ1) is 10.4. The summed E-state index contributed by atoms with van der Waals surface area (Å²) in [7, 11) is 2.20. The molecule has 0 bridgehead atoms. The van der Waals surface area contributed by atoms with Gasteiger partial charge in [0.2, 0.25) is 0 Å². The molecule has 0 radical (unpaired) electrons. The lowest BCUT2D eigenvalue weighted by atomic mass is 9.99. The van der Waals surface area contributed by atoms with Gasteiger partial charge < -0.3 is 15.5 Å². The third-order valence-corrected chi connectivity index (χ3v) is 3.94. The number of nitrogens with zero attached hydrogens (tertiary/aromatic N) is 2. The van der Waals surface area contributed by atoms with E-state index in [2.05, 4.69) is 23.8 Å². The second-order valence-electron chi connectivity index (χ2n) is 5.24. The van der Waals surface area contributed by atoms with Crippen molar-refractivity contribution >= 4 is 0 Å². The Kier molecular flexibility index (Phi) is 2.82. The van der Waals surface area contributed by atoms with Gasteiger partial charge in [-0.05, 0) is 25.8 Å². The molecule has 0 amide bonds. The van der Waals surface area contributed by atoms with Gasteiger partial charge in [-0.15, -0.1) is 0 Å². The van der Waals surface area contributed by atoms with Crippen LogP contribution in [0.1, 0.15) is 19.8 Å². The van der Waals surface area contributed by atoms with Crippen molar-refractivity contribution in [3.05, 3.63) is 0 Å². The Balaban J connectivity index is 1.75. The highest BCUT2D eigenvalue weighted by Crippen LogP contribution is 2.39. The number of piperazine rings is 1. The largest absolute Gasteiger partial charge is 0.325 e. The van der Waals surface area contributed by atoms with Crippen molar-refractivity contribution < 1.29 is 0 Å². The molecule has 0 spiro atoms. The first-order chi connectivity index (χ1) is 6.60. The Morgan fingerprint density at radius 1 is 1.21 bits per heavy atom. The third kappa shape index (κ3) is 2.27. The van der Waals surface area contributed by atoms with Crippen LogP contribution in [0.3, 0.4) is 0 Å². The van der Waals surface area contributed by atoms with Crippen molar-refractivity contribution in [3.63, 3.8) is 0 Å². The van der Waals surface area contributed by atoms with Crippen molar-refractivity contribution in [2.75, 3.05) is 39.8 Å². The van der Waals surface area contributed by atoms with Gasteiger partial charge in [-0.3, -0.25) is 0 Å². The zero-order valence-electron chi connectivity index (χ0n) is 9.50. The molecule has 1 saturated carbocycles. The lowest BCUT2D eigenvalue weighted by molar-refractivity contribution is 0.131. The van der Waals surface area contributed by atoms with E-state index in [-0.39, 0.29) is 5.54 Å². The van der Waals surface area contributed by atoms with Crippen LogP contribution in [0.5, 0.6) is 0 Å². The third-order valence-electron chi connectivity index (χ3n) is 3.94. The summed E-state index contributed by atoms with van der Waals surface area (Å²) in [6, 6.07) is 0. The normalized spacial score (nSPS) is 30.2. The lowest BCUT2D eigenvalue weighted by Crippen LogP contribution is -2.48. The molecule has 1 saturated heterocycles. The van der Waals surface area contributed by atoms with Crippen LogP contribution >= 0.6 is 0 Å². The van der Waals surface area contributed by atoms with Gasteiger partial charge in [-0.2, -0.15) is 0 Å². The predicted molar refractivity (Wildman–Crippen MR) is 59.3 cm³/mol. The van der Waals surface area contributed by atoms with E-state index >= 15 is 0 Å². The second kappa shape index (κ2) is 3.80. The van der Waals surface area contributed by atoms with Crippen LogP contribution in [0.15, 0.2) is 0 Å². The minimum absolute atomic E-state index is 0.198. The van der Waals surface area contributed by atoms with E-state index in [1.807, 2.05) is 0 Å². The number of hydrogen-bond donors (Lipinski definition) is 1. The fraction of sp³-hybridized carbons (Fsp3) is 1.00. The molecule has 14 heavy (non-hydrogen) atoms. The average Bonchev–Trinajstić information content (AvgIpc) is 2.89. The van der Waals surface area contributed by atoms with Gasteiger partial charge in [-0.25, -0.2) is 0 Å². The Morgan fingerprint density at radius 2 is 1.79 bits per heavy atom. The van der Waals surface area contributed by atoms with Crippen molar-refractivity contribution in [3.8, 4) is 0 Å². The van der Waals surface area contributed by atoms with Gasteiger partial charge in [0.1, 0.15) is 0 Å². The molecular formula is C11H23N3. The first-order valence-electron chi connectivity index (χ1n) is 5.80. The van der Waals surface area contributed by atoms with Crippen LogP contribution in [-0.2, 0) is 0 Å². The molecule has 0 aromatic carbocycles.